The van der Waals surface area contributed by atoms with Gasteiger partial charge in [-0.15, -0.1) is 0 Å². The average Bonchev–Trinajstić information content (AvgIpc) is 2.54. The molecule has 0 saturated heterocycles. The minimum Gasteiger partial charge on any atom is -0.496 e. The summed E-state index contributed by atoms with van der Waals surface area (Å²) in [7, 11) is 1.60. The summed E-state index contributed by atoms with van der Waals surface area (Å²) >= 11 is 0. The number of amides is 1. The molecule has 1 aromatic carbocycles. The zero-order valence-electron chi connectivity index (χ0n) is 13.0. The zero-order chi connectivity index (χ0) is 16.1. The topological polar surface area (TPSA) is 75.6 Å². The molecule has 1 aliphatic carbocycles. The van der Waals surface area contributed by atoms with Gasteiger partial charge in [-0.05, 0) is 32.3 Å². The van der Waals surface area contributed by atoms with Gasteiger partial charge in [0.2, 0.25) is 5.91 Å². The maximum absolute atomic E-state index is 12.4. The maximum Gasteiger partial charge on any atom is 0.306 e. The lowest BCUT2D eigenvalue weighted by Gasteiger charge is -2.27. The molecule has 120 valence electrons. The molecule has 3 atom stereocenters. The van der Waals surface area contributed by atoms with Gasteiger partial charge in [0.1, 0.15) is 5.75 Å². The summed E-state index contributed by atoms with van der Waals surface area (Å²) in [4.78, 5) is 23.5. The van der Waals surface area contributed by atoms with Gasteiger partial charge in [0.05, 0.1) is 19.1 Å². The SMILES string of the molecule is COc1ccccc1C(C)NC(=O)C1CCCC(C(=O)O)C1. The summed E-state index contributed by atoms with van der Waals surface area (Å²) in [5.41, 5.74) is 0.920. The molecule has 22 heavy (non-hydrogen) atoms. The van der Waals surface area contributed by atoms with Crippen LogP contribution in [0.2, 0.25) is 0 Å². The third-order valence-corrected chi connectivity index (χ3v) is 4.36. The number of carbonyl (C=O) groups is 2. The molecular formula is C17H23NO4. The molecule has 5 heteroatoms. The first-order valence-electron chi connectivity index (χ1n) is 7.69. The van der Waals surface area contributed by atoms with Crippen molar-refractivity contribution in [3.63, 3.8) is 0 Å². The molecule has 2 rings (SSSR count). The third-order valence-electron chi connectivity index (χ3n) is 4.36. The molecule has 1 aliphatic rings. The zero-order valence-corrected chi connectivity index (χ0v) is 13.0. The monoisotopic (exact) mass is 305 g/mol. The van der Waals surface area contributed by atoms with Crippen LogP contribution in [0.15, 0.2) is 24.3 Å². The Balaban J connectivity index is 2.00. The van der Waals surface area contributed by atoms with E-state index in [-0.39, 0.29) is 17.9 Å². The number of carboxylic acids is 1. The van der Waals surface area contributed by atoms with Crippen LogP contribution >= 0.6 is 0 Å². The summed E-state index contributed by atoms with van der Waals surface area (Å²) in [5, 5.41) is 12.1. The Hall–Kier alpha value is -2.04. The lowest BCUT2D eigenvalue weighted by molar-refractivity contribution is -0.144. The second-order valence-electron chi connectivity index (χ2n) is 5.87. The average molecular weight is 305 g/mol. The molecule has 0 aliphatic heterocycles. The Bertz CT molecular complexity index is 543. The highest BCUT2D eigenvalue weighted by atomic mass is 16.5. The number of ether oxygens (including phenoxy) is 1. The van der Waals surface area contributed by atoms with E-state index in [1.165, 1.54) is 0 Å². The Labute approximate surface area is 130 Å². The van der Waals surface area contributed by atoms with E-state index in [9.17, 15) is 9.59 Å². The Morgan fingerprint density at radius 1 is 1.27 bits per heavy atom. The number of hydrogen-bond acceptors (Lipinski definition) is 3. The smallest absolute Gasteiger partial charge is 0.306 e. The molecular weight excluding hydrogens is 282 g/mol. The molecule has 2 N–H and O–H groups in total. The van der Waals surface area contributed by atoms with Gasteiger partial charge in [0, 0.05) is 11.5 Å². The number of rotatable bonds is 5. The largest absolute Gasteiger partial charge is 0.496 e. The van der Waals surface area contributed by atoms with Crippen LogP contribution in [0.5, 0.6) is 5.75 Å². The second-order valence-corrected chi connectivity index (χ2v) is 5.87. The van der Waals surface area contributed by atoms with E-state index in [0.29, 0.717) is 12.8 Å². The van der Waals surface area contributed by atoms with Crippen molar-refractivity contribution < 1.29 is 19.4 Å². The van der Waals surface area contributed by atoms with Crippen LogP contribution in [0, 0.1) is 11.8 Å². The Morgan fingerprint density at radius 2 is 1.95 bits per heavy atom. The van der Waals surface area contributed by atoms with E-state index >= 15 is 0 Å². The summed E-state index contributed by atoms with van der Waals surface area (Å²) in [6.45, 7) is 1.91. The molecule has 0 radical (unpaired) electrons. The molecule has 1 saturated carbocycles. The highest BCUT2D eigenvalue weighted by molar-refractivity contribution is 5.80. The number of carboxylic acid groups (broad SMARTS) is 1. The van der Waals surface area contributed by atoms with Crippen LogP contribution in [0.3, 0.4) is 0 Å². The summed E-state index contributed by atoms with van der Waals surface area (Å²) in [6.07, 6.45) is 2.65. The summed E-state index contributed by atoms with van der Waals surface area (Å²) in [6, 6.07) is 7.40. The highest BCUT2D eigenvalue weighted by Crippen LogP contribution is 2.30. The molecule has 3 unspecified atom stereocenters. The second kappa shape index (κ2) is 7.29. The predicted molar refractivity (Wildman–Crippen MR) is 82.6 cm³/mol. The van der Waals surface area contributed by atoms with Crippen LogP contribution in [-0.2, 0) is 9.59 Å². The molecule has 5 nitrogen and oxygen atoms in total. The van der Waals surface area contributed by atoms with E-state index in [4.69, 9.17) is 9.84 Å². The van der Waals surface area contributed by atoms with Crippen molar-refractivity contribution >= 4 is 11.9 Å². The fourth-order valence-electron chi connectivity index (χ4n) is 3.09. The van der Waals surface area contributed by atoms with E-state index in [0.717, 1.165) is 24.2 Å². The first-order chi connectivity index (χ1) is 10.5. The van der Waals surface area contributed by atoms with E-state index in [1.54, 1.807) is 7.11 Å². The molecule has 0 bridgehead atoms. The van der Waals surface area contributed by atoms with Crippen molar-refractivity contribution in [1.29, 1.82) is 0 Å². The van der Waals surface area contributed by atoms with Crippen molar-refractivity contribution in [2.24, 2.45) is 11.8 Å². The van der Waals surface area contributed by atoms with Crippen LogP contribution in [-0.4, -0.2) is 24.1 Å². The van der Waals surface area contributed by atoms with Crippen molar-refractivity contribution in [3.05, 3.63) is 29.8 Å². The number of methoxy groups -OCH3 is 1. The van der Waals surface area contributed by atoms with Gasteiger partial charge in [0.25, 0.3) is 0 Å². The van der Waals surface area contributed by atoms with Crippen LogP contribution < -0.4 is 10.1 Å². The molecule has 1 fully saturated rings. The minimum absolute atomic E-state index is 0.0654. The minimum atomic E-state index is -0.796. The normalized spacial score (nSPS) is 22.6. The highest BCUT2D eigenvalue weighted by Gasteiger charge is 2.31. The van der Waals surface area contributed by atoms with Gasteiger partial charge in [-0.25, -0.2) is 0 Å². The molecule has 0 aromatic heterocycles. The Kier molecular flexibility index (Phi) is 5.41. The fourth-order valence-corrected chi connectivity index (χ4v) is 3.09. The molecule has 1 amide bonds. The van der Waals surface area contributed by atoms with Crippen molar-refractivity contribution in [2.75, 3.05) is 7.11 Å². The third kappa shape index (κ3) is 3.78. The van der Waals surface area contributed by atoms with Crippen LogP contribution in [0.1, 0.15) is 44.2 Å². The first-order valence-corrected chi connectivity index (χ1v) is 7.69. The molecule has 0 spiro atoms. The number of hydrogen-bond donors (Lipinski definition) is 2. The van der Waals surface area contributed by atoms with E-state index < -0.39 is 11.9 Å². The molecule has 1 aromatic rings. The van der Waals surface area contributed by atoms with Gasteiger partial charge >= 0.3 is 5.97 Å². The first kappa shape index (κ1) is 16.3. The quantitative estimate of drug-likeness (QED) is 0.877. The summed E-state index contributed by atoms with van der Waals surface area (Å²) < 4.78 is 5.31. The van der Waals surface area contributed by atoms with Crippen molar-refractivity contribution in [3.8, 4) is 5.75 Å². The summed E-state index contributed by atoms with van der Waals surface area (Å²) in [5.74, 6) is -0.736. The van der Waals surface area contributed by atoms with Crippen molar-refractivity contribution in [1.82, 2.24) is 5.32 Å². The Morgan fingerprint density at radius 3 is 2.64 bits per heavy atom. The van der Waals surface area contributed by atoms with E-state index in [2.05, 4.69) is 5.32 Å². The van der Waals surface area contributed by atoms with Gasteiger partial charge in [-0.3, -0.25) is 9.59 Å². The van der Waals surface area contributed by atoms with Crippen molar-refractivity contribution in [2.45, 2.75) is 38.6 Å². The van der Waals surface area contributed by atoms with Gasteiger partial charge in [-0.1, -0.05) is 24.6 Å². The van der Waals surface area contributed by atoms with E-state index in [1.807, 2.05) is 31.2 Å². The molecule has 0 heterocycles. The lowest BCUT2D eigenvalue weighted by Crippen LogP contribution is -2.36. The van der Waals surface area contributed by atoms with Gasteiger partial charge in [0.15, 0.2) is 0 Å². The lowest BCUT2D eigenvalue weighted by atomic mass is 9.81. The number of benzene rings is 1. The van der Waals surface area contributed by atoms with Crippen LogP contribution in [0.25, 0.3) is 0 Å². The maximum atomic E-state index is 12.4. The van der Waals surface area contributed by atoms with Crippen LogP contribution in [0.4, 0.5) is 0 Å². The number of carbonyl (C=O) groups excluding carboxylic acids is 1. The number of para-hydroxylation sites is 1. The fraction of sp³-hybridized carbons (Fsp3) is 0.529. The predicted octanol–water partition coefficient (Wildman–Crippen LogP) is 2.76. The van der Waals surface area contributed by atoms with Gasteiger partial charge in [-0.2, -0.15) is 0 Å². The number of nitrogens with one attached hydrogen (secondary N) is 1. The van der Waals surface area contributed by atoms with Gasteiger partial charge < -0.3 is 15.2 Å². The number of aliphatic carboxylic acids is 1. The standard InChI is InChI=1S/C17H23NO4/c1-11(14-8-3-4-9-15(14)22-2)18-16(19)12-6-5-7-13(10-12)17(20)21/h3-4,8-9,11-13H,5-7,10H2,1-2H3,(H,18,19)(H,20,21).